The van der Waals surface area contributed by atoms with Crippen LogP contribution >= 0.6 is 0 Å². The van der Waals surface area contributed by atoms with Crippen LogP contribution in [0.2, 0.25) is 0 Å². The summed E-state index contributed by atoms with van der Waals surface area (Å²) in [5, 5.41) is 8.92. The van der Waals surface area contributed by atoms with E-state index >= 15 is 0 Å². The van der Waals surface area contributed by atoms with Gasteiger partial charge in [0, 0.05) is 46.6 Å². The number of aromatic nitrogens is 1. The lowest BCUT2D eigenvalue weighted by Gasteiger charge is -2.18. The number of nitrogens with one attached hydrogen (secondary N) is 3. The number of amides is 1. The number of carbonyl (C=O) groups excluding carboxylic acids is 1. The van der Waals surface area contributed by atoms with Crippen molar-refractivity contribution in [3.63, 3.8) is 0 Å². The number of anilines is 1. The molecule has 0 aliphatic rings. The van der Waals surface area contributed by atoms with Crippen molar-refractivity contribution in [2.75, 3.05) is 59.3 Å². The Morgan fingerprint density at radius 3 is 2.88 bits per heavy atom. The summed E-state index contributed by atoms with van der Waals surface area (Å²) in [7, 11) is 5.45. The molecule has 0 aliphatic carbocycles. The molecule has 0 aliphatic heterocycles. The first kappa shape index (κ1) is 19.9. The van der Waals surface area contributed by atoms with Gasteiger partial charge in [0.15, 0.2) is 5.96 Å². The van der Waals surface area contributed by atoms with Crippen molar-refractivity contribution in [1.29, 1.82) is 0 Å². The number of hydrogen-bond acceptors (Lipinski definition) is 5. The monoisotopic (exact) mass is 336 g/mol. The number of aliphatic imine (C=N–C) groups is 1. The van der Waals surface area contributed by atoms with Gasteiger partial charge in [0.1, 0.15) is 0 Å². The van der Waals surface area contributed by atoms with Crippen molar-refractivity contribution in [2.24, 2.45) is 4.99 Å². The van der Waals surface area contributed by atoms with Gasteiger partial charge < -0.3 is 25.6 Å². The van der Waals surface area contributed by atoms with Crippen LogP contribution in [0.3, 0.4) is 0 Å². The van der Waals surface area contributed by atoms with Crippen molar-refractivity contribution < 1.29 is 9.53 Å². The molecule has 0 spiro atoms. The minimum atomic E-state index is -0.150. The van der Waals surface area contributed by atoms with Gasteiger partial charge in [-0.3, -0.25) is 14.8 Å². The standard InChI is InChI=1S/C16H28N6O2/c1-17-16(19-8-10-22(2)9-5-11-24-3)20-13-15(23)21-14-6-4-7-18-12-14/h4,6-7,12H,5,8-11,13H2,1-3H3,(H,21,23)(H2,17,19,20). The number of methoxy groups -OCH3 is 1. The van der Waals surface area contributed by atoms with Crippen molar-refractivity contribution in [1.82, 2.24) is 20.5 Å². The summed E-state index contributed by atoms with van der Waals surface area (Å²) in [6, 6.07) is 3.56. The van der Waals surface area contributed by atoms with Crippen molar-refractivity contribution in [3.05, 3.63) is 24.5 Å². The van der Waals surface area contributed by atoms with E-state index in [2.05, 4.69) is 37.9 Å². The van der Waals surface area contributed by atoms with Gasteiger partial charge >= 0.3 is 0 Å². The zero-order chi connectivity index (χ0) is 17.6. The molecule has 1 aromatic rings. The molecule has 0 fully saturated rings. The molecule has 0 atom stereocenters. The predicted molar refractivity (Wildman–Crippen MR) is 96.2 cm³/mol. The first-order chi connectivity index (χ1) is 11.7. The fourth-order valence-corrected chi connectivity index (χ4v) is 1.98. The fourth-order valence-electron chi connectivity index (χ4n) is 1.98. The number of ether oxygens (including phenoxy) is 1. The molecular formula is C16H28N6O2. The second-order valence-electron chi connectivity index (χ2n) is 5.29. The van der Waals surface area contributed by atoms with Crippen molar-refractivity contribution in [3.8, 4) is 0 Å². The van der Waals surface area contributed by atoms with Gasteiger partial charge in [0.2, 0.25) is 5.91 Å². The third kappa shape index (κ3) is 9.06. The molecule has 1 rings (SSSR count). The normalized spacial score (nSPS) is 11.4. The summed E-state index contributed by atoms with van der Waals surface area (Å²) in [5.74, 6) is 0.448. The number of nitrogens with zero attached hydrogens (tertiary/aromatic N) is 3. The quantitative estimate of drug-likeness (QED) is 0.320. The predicted octanol–water partition coefficient (Wildman–Crippen LogP) is 0.153. The fraction of sp³-hybridized carbons (Fsp3) is 0.562. The molecule has 1 amide bonds. The summed E-state index contributed by atoms with van der Waals surface area (Å²) in [6.45, 7) is 3.51. The van der Waals surface area contributed by atoms with E-state index in [0.29, 0.717) is 11.6 Å². The van der Waals surface area contributed by atoms with Crippen LogP contribution in [0.5, 0.6) is 0 Å². The van der Waals surface area contributed by atoms with Crippen LogP contribution in [0.1, 0.15) is 6.42 Å². The van der Waals surface area contributed by atoms with Gasteiger partial charge in [-0.2, -0.15) is 0 Å². The van der Waals surface area contributed by atoms with Crippen LogP contribution in [0.4, 0.5) is 5.69 Å². The zero-order valence-electron chi connectivity index (χ0n) is 14.7. The van der Waals surface area contributed by atoms with Crippen molar-refractivity contribution >= 4 is 17.6 Å². The largest absolute Gasteiger partial charge is 0.385 e. The van der Waals surface area contributed by atoms with Gasteiger partial charge in [0.05, 0.1) is 18.4 Å². The average Bonchev–Trinajstić information content (AvgIpc) is 2.59. The van der Waals surface area contributed by atoms with Gasteiger partial charge in [-0.15, -0.1) is 0 Å². The van der Waals surface area contributed by atoms with E-state index < -0.39 is 0 Å². The van der Waals surface area contributed by atoms with E-state index in [0.717, 1.165) is 32.7 Å². The van der Waals surface area contributed by atoms with Gasteiger partial charge in [-0.05, 0) is 25.6 Å². The lowest BCUT2D eigenvalue weighted by Crippen LogP contribution is -2.43. The highest BCUT2D eigenvalue weighted by Gasteiger charge is 2.05. The second kappa shape index (κ2) is 12.3. The van der Waals surface area contributed by atoms with E-state index in [4.69, 9.17) is 4.74 Å². The summed E-state index contributed by atoms with van der Waals surface area (Å²) in [5.41, 5.74) is 0.671. The van der Waals surface area contributed by atoms with Gasteiger partial charge in [-0.25, -0.2) is 0 Å². The molecule has 0 saturated carbocycles. The molecule has 0 radical (unpaired) electrons. The lowest BCUT2D eigenvalue weighted by molar-refractivity contribution is -0.115. The van der Waals surface area contributed by atoms with E-state index in [1.807, 2.05) is 0 Å². The summed E-state index contributed by atoms with van der Waals surface area (Å²) >= 11 is 0. The Bertz CT molecular complexity index is 495. The third-order valence-electron chi connectivity index (χ3n) is 3.26. The number of likely N-dealkylation sites (N-methyl/N-ethyl adjacent to an activating group) is 1. The third-order valence-corrected chi connectivity index (χ3v) is 3.26. The molecule has 3 N–H and O–H groups in total. The Balaban J connectivity index is 2.19. The first-order valence-electron chi connectivity index (χ1n) is 7.97. The van der Waals surface area contributed by atoms with Crippen LogP contribution < -0.4 is 16.0 Å². The maximum Gasteiger partial charge on any atom is 0.243 e. The van der Waals surface area contributed by atoms with Crippen LogP contribution in [0, 0.1) is 0 Å². The molecule has 1 heterocycles. The Labute approximate surface area is 143 Å². The minimum absolute atomic E-state index is 0.137. The van der Waals surface area contributed by atoms with E-state index in [9.17, 15) is 4.79 Å². The molecule has 0 bridgehead atoms. The van der Waals surface area contributed by atoms with E-state index in [-0.39, 0.29) is 12.5 Å². The van der Waals surface area contributed by atoms with Crippen molar-refractivity contribution in [2.45, 2.75) is 6.42 Å². The molecule has 8 nitrogen and oxygen atoms in total. The Kier molecular flexibility index (Phi) is 10.1. The maximum atomic E-state index is 11.9. The zero-order valence-corrected chi connectivity index (χ0v) is 14.7. The van der Waals surface area contributed by atoms with Crippen LogP contribution in [0.15, 0.2) is 29.5 Å². The van der Waals surface area contributed by atoms with Gasteiger partial charge in [-0.1, -0.05) is 0 Å². The number of hydrogen-bond donors (Lipinski definition) is 3. The Hall–Kier alpha value is -2.19. The van der Waals surface area contributed by atoms with Gasteiger partial charge in [0.25, 0.3) is 0 Å². The molecule has 8 heteroatoms. The molecule has 0 aromatic carbocycles. The summed E-state index contributed by atoms with van der Waals surface area (Å²) in [6.07, 6.45) is 4.27. The summed E-state index contributed by atoms with van der Waals surface area (Å²) < 4.78 is 5.04. The average molecular weight is 336 g/mol. The minimum Gasteiger partial charge on any atom is -0.385 e. The highest BCUT2D eigenvalue weighted by atomic mass is 16.5. The molecular weight excluding hydrogens is 308 g/mol. The number of rotatable bonds is 10. The highest BCUT2D eigenvalue weighted by molar-refractivity contribution is 5.94. The smallest absolute Gasteiger partial charge is 0.243 e. The van der Waals surface area contributed by atoms with E-state index in [1.165, 1.54) is 0 Å². The number of guanidine groups is 1. The molecule has 0 unspecified atom stereocenters. The first-order valence-corrected chi connectivity index (χ1v) is 7.97. The molecule has 0 saturated heterocycles. The molecule has 134 valence electrons. The number of pyridine rings is 1. The maximum absolute atomic E-state index is 11.9. The van der Waals surface area contributed by atoms with Crippen LogP contribution in [0.25, 0.3) is 0 Å². The number of carbonyl (C=O) groups is 1. The topological polar surface area (TPSA) is 90.9 Å². The lowest BCUT2D eigenvalue weighted by atomic mass is 10.4. The molecule has 1 aromatic heterocycles. The second-order valence-corrected chi connectivity index (χ2v) is 5.29. The Morgan fingerprint density at radius 2 is 2.21 bits per heavy atom. The Morgan fingerprint density at radius 1 is 1.38 bits per heavy atom. The SMILES string of the molecule is CN=C(NCCN(C)CCCOC)NCC(=O)Nc1cccnc1. The van der Waals surface area contributed by atoms with E-state index in [1.54, 1.807) is 38.7 Å². The van der Waals surface area contributed by atoms with Crippen LogP contribution in [-0.4, -0.2) is 75.7 Å². The highest BCUT2D eigenvalue weighted by Crippen LogP contribution is 2.01. The molecule has 24 heavy (non-hydrogen) atoms. The summed E-state index contributed by atoms with van der Waals surface area (Å²) in [4.78, 5) is 22.1. The van der Waals surface area contributed by atoms with Crippen LogP contribution in [-0.2, 0) is 9.53 Å².